The number of hydrogen-bond donors (Lipinski definition) is 2. The number of aromatic nitrogens is 4. The van der Waals surface area contributed by atoms with Gasteiger partial charge in [-0.15, -0.1) is 5.10 Å². The van der Waals surface area contributed by atoms with Crippen molar-refractivity contribution in [3.8, 4) is 11.4 Å². The summed E-state index contributed by atoms with van der Waals surface area (Å²) < 4.78 is 1.57. The predicted octanol–water partition coefficient (Wildman–Crippen LogP) is 2.02. The van der Waals surface area contributed by atoms with Gasteiger partial charge in [-0.25, -0.2) is 4.68 Å². The molecule has 0 aliphatic carbocycles. The molecule has 8 nitrogen and oxygen atoms in total. The van der Waals surface area contributed by atoms with Crippen molar-refractivity contribution < 1.29 is 9.59 Å². The van der Waals surface area contributed by atoms with E-state index in [9.17, 15) is 9.59 Å². The Kier molecular flexibility index (Phi) is 5.02. The van der Waals surface area contributed by atoms with E-state index in [1.165, 1.54) is 6.92 Å². The summed E-state index contributed by atoms with van der Waals surface area (Å²) in [6, 6.07) is 14.5. The van der Waals surface area contributed by atoms with E-state index in [-0.39, 0.29) is 18.2 Å². The molecule has 0 aliphatic heterocycles. The molecule has 0 aliphatic rings. The minimum absolute atomic E-state index is 0.131. The SMILES string of the molecule is CC(=O)Nc1ccc(CC(=O)Nc2cccc(-c3nnnn3C)c2)cc1. The largest absolute Gasteiger partial charge is 0.326 e. The fraction of sp³-hybridized carbons (Fsp3) is 0.167. The Bertz CT molecular complexity index is 933. The number of tetrazole rings is 1. The summed E-state index contributed by atoms with van der Waals surface area (Å²) in [5.74, 6) is 0.355. The summed E-state index contributed by atoms with van der Waals surface area (Å²) in [5.41, 5.74) is 3.04. The highest BCUT2D eigenvalue weighted by Gasteiger charge is 2.09. The number of aryl methyl sites for hydroxylation is 1. The molecule has 1 heterocycles. The Balaban J connectivity index is 1.65. The van der Waals surface area contributed by atoms with Crippen LogP contribution in [0.15, 0.2) is 48.5 Å². The van der Waals surface area contributed by atoms with Crippen LogP contribution in [0.4, 0.5) is 11.4 Å². The smallest absolute Gasteiger partial charge is 0.228 e. The molecule has 0 saturated carbocycles. The number of benzene rings is 2. The first-order valence-corrected chi connectivity index (χ1v) is 8.00. The zero-order valence-electron chi connectivity index (χ0n) is 14.4. The molecule has 26 heavy (non-hydrogen) atoms. The van der Waals surface area contributed by atoms with Crippen molar-refractivity contribution >= 4 is 23.2 Å². The minimum Gasteiger partial charge on any atom is -0.326 e. The average molecular weight is 350 g/mol. The van der Waals surface area contributed by atoms with E-state index in [4.69, 9.17) is 0 Å². The fourth-order valence-electron chi connectivity index (χ4n) is 2.51. The van der Waals surface area contributed by atoms with Crippen molar-refractivity contribution in [2.45, 2.75) is 13.3 Å². The second-order valence-corrected chi connectivity index (χ2v) is 5.81. The van der Waals surface area contributed by atoms with Crippen LogP contribution in [-0.2, 0) is 23.1 Å². The van der Waals surface area contributed by atoms with Gasteiger partial charge in [-0.05, 0) is 40.3 Å². The number of carbonyl (C=O) groups is 2. The lowest BCUT2D eigenvalue weighted by Crippen LogP contribution is -2.14. The van der Waals surface area contributed by atoms with Crippen LogP contribution in [0.25, 0.3) is 11.4 Å². The van der Waals surface area contributed by atoms with Gasteiger partial charge in [-0.2, -0.15) is 0 Å². The van der Waals surface area contributed by atoms with Crippen LogP contribution in [0.1, 0.15) is 12.5 Å². The zero-order chi connectivity index (χ0) is 18.5. The molecule has 0 unspecified atom stereocenters. The lowest BCUT2D eigenvalue weighted by Gasteiger charge is -2.08. The quantitative estimate of drug-likeness (QED) is 0.733. The summed E-state index contributed by atoms with van der Waals surface area (Å²) in [4.78, 5) is 23.3. The number of carbonyl (C=O) groups excluding carboxylic acids is 2. The summed E-state index contributed by atoms with van der Waals surface area (Å²) >= 11 is 0. The lowest BCUT2D eigenvalue weighted by molar-refractivity contribution is -0.116. The third kappa shape index (κ3) is 4.29. The minimum atomic E-state index is -0.134. The van der Waals surface area contributed by atoms with Crippen LogP contribution in [0.5, 0.6) is 0 Å². The van der Waals surface area contributed by atoms with Crippen LogP contribution >= 0.6 is 0 Å². The van der Waals surface area contributed by atoms with Crippen LogP contribution in [0.2, 0.25) is 0 Å². The first kappa shape index (κ1) is 17.3. The van der Waals surface area contributed by atoms with Crippen molar-refractivity contribution in [1.82, 2.24) is 20.2 Å². The molecule has 3 aromatic rings. The van der Waals surface area contributed by atoms with Crippen LogP contribution in [0.3, 0.4) is 0 Å². The Morgan fingerprint density at radius 2 is 1.81 bits per heavy atom. The molecule has 0 spiro atoms. The molecule has 0 radical (unpaired) electrons. The van der Waals surface area contributed by atoms with Crippen LogP contribution < -0.4 is 10.6 Å². The van der Waals surface area contributed by atoms with E-state index in [1.807, 2.05) is 36.4 Å². The van der Waals surface area contributed by atoms with E-state index in [2.05, 4.69) is 26.2 Å². The Morgan fingerprint density at radius 1 is 1.04 bits per heavy atom. The monoisotopic (exact) mass is 350 g/mol. The van der Waals surface area contributed by atoms with E-state index < -0.39 is 0 Å². The molecule has 0 bridgehead atoms. The van der Waals surface area contributed by atoms with Gasteiger partial charge in [-0.1, -0.05) is 24.3 Å². The van der Waals surface area contributed by atoms with E-state index in [1.54, 1.807) is 23.9 Å². The average Bonchev–Trinajstić information content (AvgIpc) is 3.02. The number of nitrogens with zero attached hydrogens (tertiary/aromatic N) is 4. The van der Waals surface area contributed by atoms with Crippen molar-refractivity contribution in [2.24, 2.45) is 7.05 Å². The van der Waals surface area contributed by atoms with Gasteiger partial charge in [0.25, 0.3) is 0 Å². The highest BCUT2D eigenvalue weighted by atomic mass is 16.2. The highest BCUT2D eigenvalue weighted by molar-refractivity contribution is 5.93. The standard InChI is InChI=1S/C18H18N6O2/c1-12(25)19-15-8-6-13(7-9-15)10-17(26)20-16-5-3-4-14(11-16)18-21-22-23-24(18)2/h3-9,11H,10H2,1-2H3,(H,19,25)(H,20,26). The summed E-state index contributed by atoms with van der Waals surface area (Å²) in [5, 5.41) is 17.0. The maximum Gasteiger partial charge on any atom is 0.228 e. The van der Waals surface area contributed by atoms with Crippen molar-refractivity contribution in [3.63, 3.8) is 0 Å². The number of amides is 2. The number of nitrogens with one attached hydrogen (secondary N) is 2. The molecular formula is C18H18N6O2. The Morgan fingerprint density at radius 3 is 2.46 bits per heavy atom. The van der Waals surface area contributed by atoms with E-state index in [0.717, 1.165) is 11.1 Å². The van der Waals surface area contributed by atoms with Gasteiger partial charge in [0, 0.05) is 30.9 Å². The third-order valence-corrected chi connectivity index (χ3v) is 3.66. The molecule has 2 N–H and O–H groups in total. The molecule has 1 aromatic heterocycles. The van der Waals surface area contributed by atoms with Gasteiger partial charge < -0.3 is 10.6 Å². The second-order valence-electron chi connectivity index (χ2n) is 5.81. The molecule has 0 saturated heterocycles. The maximum atomic E-state index is 12.3. The molecule has 132 valence electrons. The zero-order valence-corrected chi connectivity index (χ0v) is 14.4. The maximum absolute atomic E-state index is 12.3. The van der Waals surface area contributed by atoms with Gasteiger partial charge in [0.15, 0.2) is 5.82 Å². The molecule has 2 amide bonds. The number of hydrogen-bond acceptors (Lipinski definition) is 5. The van der Waals surface area contributed by atoms with Crippen LogP contribution in [-0.4, -0.2) is 32.0 Å². The topological polar surface area (TPSA) is 102 Å². The molecule has 0 fully saturated rings. The van der Waals surface area contributed by atoms with Gasteiger partial charge >= 0.3 is 0 Å². The van der Waals surface area contributed by atoms with E-state index >= 15 is 0 Å². The Labute approximate surface area is 150 Å². The van der Waals surface area contributed by atoms with E-state index in [0.29, 0.717) is 17.2 Å². The summed E-state index contributed by atoms with van der Waals surface area (Å²) in [6.07, 6.45) is 0.232. The van der Waals surface area contributed by atoms with Crippen molar-refractivity contribution in [3.05, 3.63) is 54.1 Å². The van der Waals surface area contributed by atoms with Crippen molar-refractivity contribution in [1.29, 1.82) is 0 Å². The Hall–Kier alpha value is -3.55. The number of rotatable bonds is 5. The summed E-state index contributed by atoms with van der Waals surface area (Å²) in [7, 11) is 1.76. The molecule has 8 heteroatoms. The van der Waals surface area contributed by atoms with Gasteiger partial charge in [0.05, 0.1) is 6.42 Å². The summed E-state index contributed by atoms with van der Waals surface area (Å²) in [6.45, 7) is 1.45. The fourth-order valence-corrected chi connectivity index (χ4v) is 2.51. The first-order chi connectivity index (χ1) is 12.5. The van der Waals surface area contributed by atoms with Crippen LogP contribution in [0, 0.1) is 0 Å². The third-order valence-electron chi connectivity index (χ3n) is 3.66. The van der Waals surface area contributed by atoms with Crippen molar-refractivity contribution in [2.75, 3.05) is 10.6 Å². The molecule has 2 aromatic carbocycles. The van der Waals surface area contributed by atoms with Gasteiger partial charge in [0.1, 0.15) is 0 Å². The highest BCUT2D eigenvalue weighted by Crippen LogP contribution is 2.20. The van der Waals surface area contributed by atoms with Gasteiger partial charge in [0.2, 0.25) is 11.8 Å². The lowest BCUT2D eigenvalue weighted by atomic mass is 10.1. The normalized spacial score (nSPS) is 10.4. The van der Waals surface area contributed by atoms with Gasteiger partial charge in [-0.3, -0.25) is 9.59 Å². The predicted molar refractivity (Wildman–Crippen MR) is 97.3 cm³/mol. The first-order valence-electron chi connectivity index (χ1n) is 8.00. The molecule has 3 rings (SSSR count). The molecule has 0 atom stereocenters. The number of anilines is 2. The second kappa shape index (κ2) is 7.56. The molecular weight excluding hydrogens is 332 g/mol.